The topological polar surface area (TPSA) is 0 Å². The Kier molecular flexibility index (Phi) is 1450. The number of hydrogen-bond donors (Lipinski definition) is 0. The standard InChI is InChI=1S/3C2H.Au/c3*1-2;/h3*1H;/q3*-1;+3. The maximum atomic E-state index is 5.25. The summed E-state index contributed by atoms with van der Waals surface area (Å²) in [4.78, 5) is 0. The fraction of sp³-hybridized carbons (Fsp3) is 0. The summed E-state index contributed by atoms with van der Waals surface area (Å²) >= 11 is 0. The van der Waals surface area contributed by atoms with Crippen LogP contribution in [0.2, 0.25) is 0 Å². The Labute approximate surface area is 61.2 Å². The van der Waals surface area contributed by atoms with Gasteiger partial charge >= 0.3 is 22.4 Å². The summed E-state index contributed by atoms with van der Waals surface area (Å²) in [5.41, 5.74) is 0. The Balaban J connectivity index is -0.00000000900. The van der Waals surface area contributed by atoms with Gasteiger partial charge in [-0.2, -0.15) is 0 Å². The number of rotatable bonds is 0. The molecule has 0 aromatic carbocycles. The van der Waals surface area contributed by atoms with Crippen molar-refractivity contribution in [3.8, 4) is 19.3 Å². The van der Waals surface area contributed by atoms with E-state index in [1.54, 1.807) is 0 Å². The van der Waals surface area contributed by atoms with Gasteiger partial charge < -0.3 is 38.5 Å². The molecule has 0 fully saturated rings. The predicted octanol–water partition coefficient (Wildman–Crippen LogP) is 0.615. The van der Waals surface area contributed by atoms with Gasteiger partial charge in [-0.15, -0.1) is 0 Å². The van der Waals surface area contributed by atoms with Crippen LogP contribution < -0.4 is 0 Å². The first kappa shape index (κ1) is 32.2. The van der Waals surface area contributed by atoms with E-state index in [4.69, 9.17) is 19.3 Å². The van der Waals surface area contributed by atoms with E-state index in [-0.39, 0.29) is 22.4 Å². The molecule has 0 saturated carbocycles. The van der Waals surface area contributed by atoms with Crippen molar-refractivity contribution in [2.24, 2.45) is 0 Å². The van der Waals surface area contributed by atoms with E-state index in [2.05, 4.69) is 19.3 Å². The normalized spacial score (nSPS) is 0.857. The van der Waals surface area contributed by atoms with E-state index in [0.29, 0.717) is 0 Å². The van der Waals surface area contributed by atoms with Gasteiger partial charge in [0.1, 0.15) is 0 Å². The molecule has 0 radical (unpaired) electrons. The summed E-state index contributed by atoms with van der Waals surface area (Å²) in [7, 11) is 0. The maximum absolute atomic E-state index is 5.25. The van der Waals surface area contributed by atoms with E-state index in [1.807, 2.05) is 0 Å². The van der Waals surface area contributed by atoms with Crippen molar-refractivity contribution in [2.45, 2.75) is 0 Å². The third-order valence-corrected chi connectivity index (χ3v) is 0. The smallest absolute Gasteiger partial charge is 0.697 e. The second-order valence-electron chi connectivity index (χ2n) is 0. The minimum absolute atomic E-state index is 0. The van der Waals surface area contributed by atoms with E-state index >= 15 is 0 Å². The Hall–Kier alpha value is -0.580. The minimum Gasteiger partial charge on any atom is -0.697 e. The Morgan fingerprint density at radius 3 is 0.571 bits per heavy atom. The van der Waals surface area contributed by atoms with E-state index in [0.717, 1.165) is 0 Å². The summed E-state index contributed by atoms with van der Waals surface area (Å²) in [6, 6.07) is 0. The molecule has 0 aliphatic heterocycles. The van der Waals surface area contributed by atoms with Crippen molar-refractivity contribution in [3.63, 3.8) is 0 Å². The van der Waals surface area contributed by atoms with Crippen molar-refractivity contribution < 1.29 is 22.4 Å². The van der Waals surface area contributed by atoms with Crippen LogP contribution in [0.4, 0.5) is 0 Å². The van der Waals surface area contributed by atoms with Gasteiger partial charge in [0, 0.05) is 0 Å². The molecule has 0 rings (SSSR count). The van der Waals surface area contributed by atoms with Gasteiger partial charge in [0.15, 0.2) is 0 Å². The number of hydrogen-bond acceptors (Lipinski definition) is 0. The summed E-state index contributed by atoms with van der Waals surface area (Å²) in [6.07, 6.45) is 27.0. The van der Waals surface area contributed by atoms with Gasteiger partial charge in [0.2, 0.25) is 0 Å². The molecule has 38 valence electrons. The molecule has 0 aromatic heterocycles. The van der Waals surface area contributed by atoms with Crippen LogP contribution in [0, 0.1) is 38.5 Å². The molecule has 0 N–H and O–H groups in total. The first-order valence-corrected chi connectivity index (χ1v) is 0.866. The molecule has 0 aromatic rings. The quantitative estimate of drug-likeness (QED) is 0.344. The van der Waals surface area contributed by atoms with Crippen LogP contribution in [0.15, 0.2) is 0 Å². The second-order valence-corrected chi connectivity index (χ2v) is 0. The summed E-state index contributed by atoms with van der Waals surface area (Å²) in [6.45, 7) is 0. The Morgan fingerprint density at radius 2 is 0.571 bits per heavy atom. The first-order valence-electron chi connectivity index (χ1n) is 0.866. The van der Waals surface area contributed by atoms with E-state index in [1.165, 1.54) is 0 Å². The monoisotopic (exact) mass is 272 g/mol. The molecule has 0 spiro atoms. The zero-order valence-electron chi connectivity index (χ0n) is 3.53. The maximum Gasteiger partial charge on any atom is 3.00 e. The van der Waals surface area contributed by atoms with Crippen molar-refractivity contribution in [1.29, 1.82) is 0 Å². The summed E-state index contributed by atoms with van der Waals surface area (Å²) < 4.78 is 0. The molecule has 0 unspecified atom stereocenters. The summed E-state index contributed by atoms with van der Waals surface area (Å²) in [5, 5.41) is 0. The second kappa shape index (κ2) is 315. The first-order chi connectivity index (χ1) is 3.00. The third kappa shape index (κ3) is 189. The molecule has 7 heavy (non-hydrogen) atoms. The van der Waals surface area contributed by atoms with Crippen molar-refractivity contribution in [2.75, 3.05) is 0 Å². The van der Waals surface area contributed by atoms with Gasteiger partial charge in [0.25, 0.3) is 0 Å². The minimum atomic E-state index is 0. The average molecular weight is 272 g/mol. The molecule has 0 saturated heterocycles. The van der Waals surface area contributed by atoms with Crippen LogP contribution in [0.1, 0.15) is 0 Å². The van der Waals surface area contributed by atoms with Gasteiger partial charge in [-0.25, -0.2) is 0 Å². The van der Waals surface area contributed by atoms with Gasteiger partial charge in [-0.05, 0) is 0 Å². The fourth-order valence-corrected chi connectivity index (χ4v) is 0. The van der Waals surface area contributed by atoms with E-state index < -0.39 is 0 Å². The molecule has 0 atom stereocenters. The largest absolute Gasteiger partial charge is 3.00 e. The van der Waals surface area contributed by atoms with Crippen LogP contribution in [0.5, 0.6) is 0 Å². The van der Waals surface area contributed by atoms with Crippen LogP contribution in [0.3, 0.4) is 0 Å². The molecule has 0 aliphatic rings. The molecule has 0 amide bonds. The van der Waals surface area contributed by atoms with Gasteiger partial charge in [-0.1, -0.05) is 0 Å². The molecule has 0 nitrogen and oxygen atoms in total. The van der Waals surface area contributed by atoms with E-state index in [9.17, 15) is 0 Å². The Bertz CT molecular complexity index is 32.7. The zero-order valence-corrected chi connectivity index (χ0v) is 5.70. The van der Waals surface area contributed by atoms with Crippen LogP contribution in [0.25, 0.3) is 0 Å². The molecule has 1 heteroatoms. The van der Waals surface area contributed by atoms with Crippen molar-refractivity contribution >= 4 is 0 Å². The molecule has 0 aliphatic carbocycles. The van der Waals surface area contributed by atoms with Crippen molar-refractivity contribution in [1.82, 2.24) is 0 Å². The molecular weight excluding hydrogens is 269 g/mol. The van der Waals surface area contributed by atoms with Crippen LogP contribution >= 0.6 is 0 Å². The SMILES string of the molecule is [Au+3].[C-]#C.[C-]#C.[C-]#C. The van der Waals surface area contributed by atoms with Crippen LogP contribution in [-0.2, 0) is 22.4 Å². The third-order valence-electron chi connectivity index (χ3n) is 0. The molecule has 0 bridgehead atoms. The number of terminal acetylenes is 3. The van der Waals surface area contributed by atoms with Crippen LogP contribution in [-0.4, -0.2) is 0 Å². The zero-order chi connectivity index (χ0) is 6.00. The predicted molar refractivity (Wildman–Crippen MR) is 24.6 cm³/mol. The molecule has 0 heterocycles. The fourth-order valence-electron chi connectivity index (χ4n) is 0. The average Bonchev–Trinajstić information content (AvgIpc) is 1.81. The van der Waals surface area contributed by atoms with Gasteiger partial charge in [-0.3, -0.25) is 0 Å². The van der Waals surface area contributed by atoms with Crippen molar-refractivity contribution in [3.05, 3.63) is 19.3 Å². The van der Waals surface area contributed by atoms with Gasteiger partial charge in [0.05, 0.1) is 0 Å². The molecular formula is C6H3Au. The summed E-state index contributed by atoms with van der Waals surface area (Å²) in [5.74, 6) is 0. The Morgan fingerprint density at radius 1 is 0.571 bits per heavy atom.